The van der Waals surface area contributed by atoms with Crippen molar-refractivity contribution in [3.8, 4) is 5.75 Å². The van der Waals surface area contributed by atoms with Crippen LogP contribution in [0.2, 0.25) is 0 Å². The number of phenolic OH excluding ortho intramolecular Hbond substituents is 1. The molecule has 50 heavy (non-hydrogen) atoms. The molecule has 2 aliphatic heterocycles. The summed E-state index contributed by atoms with van der Waals surface area (Å²) in [7, 11) is 0. The van der Waals surface area contributed by atoms with Gasteiger partial charge in [-0.15, -0.1) is 0 Å². The van der Waals surface area contributed by atoms with Crippen LogP contribution < -0.4 is 5.32 Å². The number of rotatable bonds is 0. The van der Waals surface area contributed by atoms with Gasteiger partial charge in [-0.2, -0.15) is 0 Å². The predicted molar refractivity (Wildman–Crippen MR) is 187 cm³/mol. The number of aromatic hydroxyl groups is 1. The number of phenols is 1. The number of carbonyl (C=O) groups excluding carboxylic acids is 4. The summed E-state index contributed by atoms with van der Waals surface area (Å²) in [4.78, 5) is 54.3. The number of halogens is 1. The number of carbonyl (C=O) groups is 4. The average Bonchev–Trinajstić information content (AvgIpc) is 3.08. The average molecular weight is 706 g/mol. The van der Waals surface area contributed by atoms with Crippen molar-refractivity contribution in [3.05, 3.63) is 98.8 Å². The van der Waals surface area contributed by atoms with Gasteiger partial charge in [0.1, 0.15) is 16.4 Å². The lowest BCUT2D eigenvalue weighted by Crippen LogP contribution is -2.59. The molecule has 1 fully saturated rings. The third kappa shape index (κ3) is 6.63. The number of aryl methyl sites for hydroxylation is 1. The lowest BCUT2D eigenvalue weighted by Gasteiger charge is -2.50. The highest BCUT2D eigenvalue weighted by Crippen LogP contribution is 2.54. The van der Waals surface area contributed by atoms with Crippen LogP contribution in [0.15, 0.2) is 76.6 Å². The molecule has 4 aliphatic rings. The molecule has 0 radical (unpaired) electrons. The summed E-state index contributed by atoms with van der Waals surface area (Å²) < 4.78 is 6.50. The van der Waals surface area contributed by atoms with Crippen molar-refractivity contribution >= 4 is 34.9 Å². The molecule has 2 heterocycles. The Morgan fingerprint density at radius 3 is 2.20 bits per heavy atom. The first-order valence-electron chi connectivity index (χ1n) is 16.8. The summed E-state index contributed by atoms with van der Waals surface area (Å²) in [5.74, 6) is -4.93. The maximum atomic E-state index is 14.2. The summed E-state index contributed by atoms with van der Waals surface area (Å²) in [6.07, 6.45) is 9.11. The molecule has 1 aromatic rings. The Morgan fingerprint density at radius 1 is 0.840 bits per heavy atom. The predicted octanol–water partition coefficient (Wildman–Crippen LogP) is 4.79. The van der Waals surface area contributed by atoms with E-state index < -0.39 is 76.9 Å². The second-order valence-corrected chi connectivity index (χ2v) is 14.3. The molecule has 5 rings (SSSR count). The highest BCUT2D eigenvalue weighted by atomic mass is 35.5. The summed E-state index contributed by atoms with van der Waals surface area (Å²) in [5, 5.41) is 46.4. The van der Waals surface area contributed by atoms with Gasteiger partial charge >= 0.3 is 0 Å². The molecule has 3 unspecified atom stereocenters. The quantitative estimate of drug-likeness (QED) is 0.238. The summed E-state index contributed by atoms with van der Waals surface area (Å²) in [5.41, 5.74) is -0.983. The number of Topliss-reactive ketones (excluding diaryl/α,β-unsaturated/α-hetero) is 3. The highest BCUT2D eigenvalue weighted by Gasteiger charge is 2.58. The van der Waals surface area contributed by atoms with Crippen LogP contribution in [-0.2, 0) is 19.9 Å². The molecular weight excluding hydrogens is 662 g/mol. The minimum Gasteiger partial charge on any atom is -0.507 e. The van der Waals surface area contributed by atoms with E-state index in [0.717, 1.165) is 0 Å². The van der Waals surface area contributed by atoms with Crippen molar-refractivity contribution in [2.75, 3.05) is 0 Å². The van der Waals surface area contributed by atoms with Gasteiger partial charge in [-0.05, 0) is 56.0 Å². The Balaban J connectivity index is 1.72. The normalized spacial score (nSPS) is 36.3. The fraction of sp³-hybridized carbons (Fsp3) is 0.436. The van der Waals surface area contributed by atoms with Crippen LogP contribution in [0.5, 0.6) is 5.75 Å². The van der Waals surface area contributed by atoms with Crippen molar-refractivity contribution in [1.29, 1.82) is 0 Å². The molecule has 1 amide bonds. The van der Waals surface area contributed by atoms with Crippen LogP contribution in [0.4, 0.5) is 0 Å². The first-order chi connectivity index (χ1) is 23.5. The van der Waals surface area contributed by atoms with Gasteiger partial charge in [0.25, 0.3) is 5.91 Å². The molecule has 1 aromatic carbocycles. The molecule has 11 heteroatoms. The van der Waals surface area contributed by atoms with Gasteiger partial charge in [0.15, 0.2) is 17.7 Å². The van der Waals surface area contributed by atoms with E-state index in [9.17, 15) is 39.6 Å². The molecule has 1 saturated heterocycles. The number of amides is 1. The van der Waals surface area contributed by atoms with Crippen molar-refractivity contribution in [2.45, 2.75) is 84.4 Å². The van der Waals surface area contributed by atoms with Gasteiger partial charge in [0.2, 0.25) is 5.78 Å². The zero-order valence-corrected chi connectivity index (χ0v) is 29.7. The van der Waals surface area contributed by atoms with Gasteiger partial charge in [-0.25, -0.2) is 0 Å². The van der Waals surface area contributed by atoms with Crippen molar-refractivity contribution in [2.24, 2.45) is 23.7 Å². The molecular formula is C39H44ClNO9. The number of morpholine rings is 1. The number of nitrogens with one attached hydrogen (secondary N) is 1. The van der Waals surface area contributed by atoms with Crippen LogP contribution in [0.3, 0.4) is 0 Å². The van der Waals surface area contributed by atoms with Gasteiger partial charge < -0.3 is 30.5 Å². The smallest absolute Gasteiger partial charge is 0.257 e. The third-order valence-electron chi connectivity index (χ3n) is 10.2. The number of ether oxygens (including phenoxy) is 1. The molecule has 0 aromatic heterocycles. The molecule has 5 N–H and O–H groups in total. The maximum Gasteiger partial charge on any atom is 0.257 e. The zero-order valence-electron chi connectivity index (χ0n) is 28.9. The monoisotopic (exact) mass is 705 g/mol. The standard InChI is InChI=1S/C39H44ClNO9/c1-18-7-10-24-11-14-29-38(49)41-37-32(40)36(48)30-26(39(24,37)50-29)16-23(6)35(47)31(30)34(46)22(5)15-21(4)33(45)20(3)9-13-25(42)12-8-19(2)28(44)17-27(18)43/h7-11,13-16,18,20-21,24-25,27,29,33,42-43,45,47H,12,17H2,1-6H3,(H,41,49)/b10-7+,13-9+,19-8+,22-15?/t18?,20-,21-,24+,25-,27-,29?,33-,39?/m0/s1. The van der Waals surface area contributed by atoms with E-state index in [1.54, 1.807) is 83.2 Å². The first-order valence-corrected chi connectivity index (χ1v) is 17.2. The maximum absolute atomic E-state index is 14.2. The molecule has 10 nitrogen and oxygen atoms in total. The number of fused-ring (bicyclic) bond motifs is 1. The van der Waals surface area contributed by atoms with E-state index in [1.807, 2.05) is 0 Å². The van der Waals surface area contributed by atoms with Crippen LogP contribution in [-0.4, -0.2) is 68.1 Å². The second-order valence-electron chi connectivity index (χ2n) is 13.9. The van der Waals surface area contributed by atoms with E-state index in [0.29, 0.717) is 5.57 Å². The molecule has 1 spiro atoms. The lowest BCUT2D eigenvalue weighted by atomic mass is 9.68. The number of hydrogen-bond acceptors (Lipinski definition) is 9. The van der Waals surface area contributed by atoms with E-state index in [4.69, 9.17) is 16.3 Å². The van der Waals surface area contributed by atoms with E-state index in [1.165, 1.54) is 13.0 Å². The minimum absolute atomic E-state index is 0.00306. The van der Waals surface area contributed by atoms with E-state index in [2.05, 4.69) is 5.32 Å². The highest BCUT2D eigenvalue weighted by molar-refractivity contribution is 6.47. The van der Waals surface area contributed by atoms with Crippen LogP contribution in [0.25, 0.3) is 0 Å². The summed E-state index contributed by atoms with van der Waals surface area (Å²) >= 11 is 6.75. The lowest BCUT2D eigenvalue weighted by molar-refractivity contribution is -0.155. The Labute approximate surface area is 296 Å². The fourth-order valence-corrected chi connectivity index (χ4v) is 7.30. The fourth-order valence-electron chi connectivity index (χ4n) is 7.02. The number of allylic oxidation sites excluding steroid dienone is 3. The number of benzene rings is 1. The van der Waals surface area contributed by atoms with Crippen molar-refractivity contribution in [3.63, 3.8) is 0 Å². The van der Waals surface area contributed by atoms with Crippen LogP contribution >= 0.6 is 11.6 Å². The molecule has 2 aliphatic carbocycles. The second kappa shape index (κ2) is 14.4. The molecule has 0 saturated carbocycles. The van der Waals surface area contributed by atoms with Gasteiger partial charge in [0, 0.05) is 41.2 Å². The Bertz CT molecular complexity index is 1820. The van der Waals surface area contributed by atoms with Crippen LogP contribution in [0.1, 0.15) is 79.3 Å². The Morgan fingerprint density at radius 2 is 1.50 bits per heavy atom. The third-order valence-corrected chi connectivity index (χ3v) is 10.6. The van der Waals surface area contributed by atoms with Crippen LogP contribution in [0, 0.1) is 30.6 Å². The topological polar surface area (TPSA) is 170 Å². The largest absolute Gasteiger partial charge is 0.507 e. The number of aliphatic hydroxyl groups is 3. The molecule has 9 atom stereocenters. The minimum atomic E-state index is -1.60. The first kappa shape index (κ1) is 37.3. The van der Waals surface area contributed by atoms with E-state index in [-0.39, 0.29) is 57.2 Å². The van der Waals surface area contributed by atoms with Crippen molar-refractivity contribution in [1.82, 2.24) is 5.32 Å². The zero-order chi connectivity index (χ0) is 36.8. The Kier molecular flexibility index (Phi) is 10.7. The number of aliphatic hydroxyl groups excluding tert-OH is 3. The van der Waals surface area contributed by atoms with E-state index >= 15 is 0 Å². The Hall–Kier alpha value is -3.93. The van der Waals surface area contributed by atoms with Gasteiger partial charge in [-0.3, -0.25) is 19.2 Å². The van der Waals surface area contributed by atoms with Crippen molar-refractivity contribution < 1.29 is 44.3 Å². The number of hydrogen-bond donors (Lipinski definition) is 5. The summed E-state index contributed by atoms with van der Waals surface area (Å²) in [6, 6.07) is 1.55. The molecule has 5 bridgehead atoms. The molecule has 266 valence electrons. The van der Waals surface area contributed by atoms with Gasteiger partial charge in [-0.1, -0.05) is 74.9 Å². The summed E-state index contributed by atoms with van der Waals surface area (Å²) in [6.45, 7) is 9.97. The number of ketones is 3. The SMILES string of the molecule is CC1=C[C@H](C)[C@@H](O)[C@@H](C)/C=C/[C@@H](O)C/C=C(\C)C(=O)C[C@H](O)C(C)/C=C/[C@@H]2C=CC3OC24C(=C(Cl)C(=O)c2c4cc(C)c(O)c2C1=O)NC3=O. The van der Waals surface area contributed by atoms with Gasteiger partial charge in [0.05, 0.1) is 29.6 Å².